The number of alkyl halides is 1. The molecule has 4 aromatic heterocycles. The molecule has 10 nitrogen and oxygen atoms in total. The minimum absolute atomic E-state index is 0.0564. The number of likely N-dealkylation sites (tertiary alicyclic amines) is 1. The summed E-state index contributed by atoms with van der Waals surface area (Å²) in [6, 6.07) is 7.32. The Morgan fingerprint density at radius 3 is 2.67 bits per heavy atom. The molecule has 0 radical (unpaired) electrons. The number of piperidine rings is 1. The van der Waals surface area contributed by atoms with E-state index in [9.17, 15) is 4.79 Å². The van der Waals surface area contributed by atoms with Crippen molar-refractivity contribution in [1.29, 1.82) is 5.26 Å². The minimum Gasteiger partial charge on any atom is -0.382 e. The first kappa shape index (κ1) is 23.4. The zero-order valence-electron chi connectivity index (χ0n) is 20.2. The van der Waals surface area contributed by atoms with Crippen LogP contribution in [0.5, 0.6) is 0 Å². The first-order valence-corrected chi connectivity index (χ1v) is 11.7. The summed E-state index contributed by atoms with van der Waals surface area (Å²) < 4.78 is 22.9. The van der Waals surface area contributed by atoms with Gasteiger partial charge in [-0.1, -0.05) is 5.16 Å². The molecule has 0 aromatic carbocycles. The number of aromatic nitrogens is 5. The van der Waals surface area contributed by atoms with Gasteiger partial charge in [-0.2, -0.15) is 15.0 Å². The number of anilines is 1. The quantitative estimate of drug-likeness (QED) is 0.447. The Balaban J connectivity index is 1.48. The second kappa shape index (κ2) is 9.03. The molecule has 1 saturated heterocycles. The lowest BCUT2D eigenvalue weighted by molar-refractivity contribution is -0.131. The number of nitriles is 1. The average Bonchev–Trinajstić information content (AvgIpc) is 3.51. The summed E-state index contributed by atoms with van der Waals surface area (Å²) in [5, 5.41) is 21.7. The molecule has 4 aromatic rings. The predicted octanol–water partition coefficient (Wildman–Crippen LogP) is 3.97. The summed E-state index contributed by atoms with van der Waals surface area (Å²) in [6.45, 7) is 6.18. The van der Waals surface area contributed by atoms with Crippen molar-refractivity contribution in [1.82, 2.24) is 29.8 Å². The number of amides is 1. The van der Waals surface area contributed by atoms with E-state index < -0.39 is 5.67 Å². The topological polar surface area (TPSA) is 126 Å². The number of nitrogens with zero attached hydrogens (tertiary/aromatic N) is 7. The highest BCUT2D eigenvalue weighted by atomic mass is 19.1. The highest BCUT2D eigenvalue weighted by molar-refractivity contribution is 5.79. The van der Waals surface area contributed by atoms with Gasteiger partial charge in [0.05, 0.1) is 23.0 Å². The summed E-state index contributed by atoms with van der Waals surface area (Å²) in [5.74, 6) is 0.854. The van der Waals surface area contributed by atoms with Gasteiger partial charge in [0.1, 0.15) is 11.8 Å². The van der Waals surface area contributed by atoms with Gasteiger partial charge in [0.15, 0.2) is 22.9 Å². The van der Waals surface area contributed by atoms with Gasteiger partial charge in [-0.25, -0.2) is 14.4 Å². The van der Waals surface area contributed by atoms with Gasteiger partial charge in [-0.3, -0.25) is 4.79 Å². The number of nitrogens with one attached hydrogen (secondary N) is 1. The highest BCUT2D eigenvalue weighted by Crippen LogP contribution is 2.39. The lowest BCUT2D eigenvalue weighted by atomic mass is 9.89. The maximum atomic E-state index is 15.7. The summed E-state index contributed by atoms with van der Waals surface area (Å²) in [5.41, 5.74) is 0.931. The van der Waals surface area contributed by atoms with E-state index in [1.54, 1.807) is 34.1 Å². The Bertz CT molecular complexity index is 1480. The van der Waals surface area contributed by atoms with Gasteiger partial charge >= 0.3 is 0 Å². The molecule has 0 saturated carbocycles. The van der Waals surface area contributed by atoms with Crippen molar-refractivity contribution in [2.45, 2.75) is 45.3 Å². The molecule has 1 aliphatic rings. The molecule has 5 rings (SSSR count). The fourth-order valence-corrected chi connectivity index (χ4v) is 4.38. The van der Waals surface area contributed by atoms with Crippen LogP contribution in [-0.4, -0.2) is 54.8 Å². The first-order valence-electron chi connectivity index (χ1n) is 11.7. The zero-order valence-corrected chi connectivity index (χ0v) is 20.2. The van der Waals surface area contributed by atoms with E-state index in [1.807, 2.05) is 19.9 Å². The van der Waals surface area contributed by atoms with Crippen LogP contribution >= 0.6 is 0 Å². The van der Waals surface area contributed by atoms with Crippen molar-refractivity contribution >= 4 is 22.6 Å². The van der Waals surface area contributed by atoms with Crippen molar-refractivity contribution in [2.24, 2.45) is 0 Å². The number of carbonyl (C=O) groups excluding carboxylic acids is 1. The normalized spacial score (nSPS) is 15.3. The SMILES string of the molecule is CC(=O)N1CCC(F)(c2cc(-c3cnc(-n4ncc5cc(C#N)cnc54)cc3NC(C)C)on2)CC1. The van der Waals surface area contributed by atoms with E-state index >= 15 is 4.39 Å². The van der Waals surface area contributed by atoms with E-state index in [-0.39, 0.29) is 30.5 Å². The smallest absolute Gasteiger partial charge is 0.219 e. The van der Waals surface area contributed by atoms with Gasteiger partial charge in [-0.15, -0.1) is 0 Å². The Labute approximate surface area is 206 Å². The van der Waals surface area contributed by atoms with Crippen molar-refractivity contribution in [3.63, 3.8) is 0 Å². The van der Waals surface area contributed by atoms with Gasteiger partial charge in [0, 0.05) is 68.8 Å². The van der Waals surface area contributed by atoms with Crippen LogP contribution in [0.25, 0.3) is 28.2 Å². The van der Waals surface area contributed by atoms with Gasteiger partial charge in [0.25, 0.3) is 0 Å². The van der Waals surface area contributed by atoms with Gasteiger partial charge in [0.2, 0.25) is 5.91 Å². The Morgan fingerprint density at radius 1 is 1.19 bits per heavy atom. The summed E-state index contributed by atoms with van der Waals surface area (Å²) in [7, 11) is 0. The standard InChI is InChI=1S/C25H25FN8O2/c1-15(2)31-20-9-23(34-24-18(13-30-34)8-17(11-27)12-29-24)28-14-19(20)21-10-22(32-36-21)25(26)4-6-33(7-5-25)16(3)35/h8-10,12-15H,4-7H2,1-3H3,(H,28,31). The molecular weight excluding hydrogens is 463 g/mol. The second-order valence-corrected chi connectivity index (χ2v) is 9.24. The first-order chi connectivity index (χ1) is 17.3. The number of fused-ring (bicyclic) bond motifs is 1. The second-order valence-electron chi connectivity index (χ2n) is 9.24. The van der Waals surface area contributed by atoms with Crippen LogP contribution in [0.2, 0.25) is 0 Å². The average molecular weight is 489 g/mol. The van der Waals surface area contributed by atoms with Gasteiger partial charge < -0.3 is 14.7 Å². The Kier molecular flexibility index (Phi) is 5.88. The number of rotatable bonds is 5. The number of pyridine rings is 2. The third-order valence-corrected chi connectivity index (χ3v) is 6.32. The molecule has 0 unspecified atom stereocenters. The maximum absolute atomic E-state index is 15.7. The predicted molar refractivity (Wildman–Crippen MR) is 130 cm³/mol. The molecule has 1 N–H and O–H groups in total. The molecule has 0 spiro atoms. The zero-order chi connectivity index (χ0) is 25.4. The summed E-state index contributed by atoms with van der Waals surface area (Å²) >= 11 is 0. The Morgan fingerprint density at radius 2 is 1.97 bits per heavy atom. The fourth-order valence-electron chi connectivity index (χ4n) is 4.38. The van der Waals surface area contributed by atoms with Crippen LogP contribution in [-0.2, 0) is 10.5 Å². The van der Waals surface area contributed by atoms with Crippen LogP contribution in [0.1, 0.15) is 44.9 Å². The van der Waals surface area contributed by atoms with Crippen LogP contribution in [0, 0.1) is 11.3 Å². The summed E-state index contributed by atoms with van der Waals surface area (Å²) in [4.78, 5) is 22.2. The van der Waals surface area contributed by atoms with Gasteiger partial charge in [-0.05, 0) is 19.9 Å². The molecule has 184 valence electrons. The van der Waals surface area contributed by atoms with Crippen LogP contribution in [0.3, 0.4) is 0 Å². The Hall–Kier alpha value is -4.33. The molecule has 36 heavy (non-hydrogen) atoms. The van der Waals surface area contributed by atoms with E-state index in [4.69, 9.17) is 9.78 Å². The van der Waals surface area contributed by atoms with Crippen LogP contribution in [0.4, 0.5) is 10.1 Å². The largest absolute Gasteiger partial charge is 0.382 e. The fraction of sp³-hybridized carbons (Fsp3) is 0.360. The van der Waals surface area contributed by atoms with Crippen molar-refractivity contribution in [3.05, 3.63) is 48.0 Å². The number of hydrogen-bond donors (Lipinski definition) is 1. The van der Waals surface area contributed by atoms with E-state index in [2.05, 4.69) is 31.6 Å². The summed E-state index contributed by atoms with van der Waals surface area (Å²) in [6.07, 6.45) is 5.09. The van der Waals surface area contributed by atoms with Crippen molar-refractivity contribution < 1.29 is 13.7 Å². The van der Waals surface area contributed by atoms with Crippen LogP contribution < -0.4 is 5.32 Å². The molecular formula is C25H25FN8O2. The number of hydrogen-bond acceptors (Lipinski definition) is 8. The van der Waals surface area contributed by atoms with Crippen molar-refractivity contribution in [3.8, 4) is 23.2 Å². The monoisotopic (exact) mass is 488 g/mol. The molecule has 1 amide bonds. The lowest BCUT2D eigenvalue weighted by Gasteiger charge is -2.34. The van der Waals surface area contributed by atoms with E-state index in [1.165, 1.54) is 13.1 Å². The molecule has 1 fully saturated rings. The number of halogens is 1. The van der Waals surface area contributed by atoms with Crippen LogP contribution in [0.15, 0.2) is 41.3 Å². The molecule has 5 heterocycles. The molecule has 0 bridgehead atoms. The molecule has 0 atom stereocenters. The molecule has 0 aliphatic carbocycles. The minimum atomic E-state index is -1.66. The van der Waals surface area contributed by atoms with E-state index in [0.29, 0.717) is 47.1 Å². The third kappa shape index (κ3) is 4.26. The molecule has 1 aliphatic heterocycles. The van der Waals surface area contributed by atoms with Crippen molar-refractivity contribution in [2.75, 3.05) is 18.4 Å². The number of carbonyl (C=O) groups is 1. The molecule has 11 heteroatoms. The maximum Gasteiger partial charge on any atom is 0.219 e. The van der Waals surface area contributed by atoms with E-state index in [0.717, 1.165) is 5.39 Å². The lowest BCUT2D eigenvalue weighted by Crippen LogP contribution is -2.42. The third-order valence-electron chi connectivity index (χ3n) is 6.32. The highest BCUT2D eigenvalue weighted by Gasteiger charge is 2.40.